The molecule has 0 N–H and O–H groups in total. The first-order valence-electron chi connectivity index (χ1n) is 10.0. The summed E-state index contributed by atoms with van der Waals surface area (Å²) < 4.78 is 18.1. The molecule has 0 bridgehead atoms. The van der Waals surface area contributed by atoms with Crippen molar-refractivity contribution in [3.8, 4) is 5.75 Å². The summed E-state index contributed by atoms with van der Waals surface area (Å²) >= 11 is 0. The minimum Gasteiger partial charge on any atom is -0.497 e. The van der Waals surface area contributed by atoms with E-state index in [9.17, 15) is 9.18 Å². The first-order valence-corrected chi connectivity index (χ1v) is 10.0. The molecule has 0 amide bonds. The summed E-state index contributed by atoms with van der Waals surface area (Å²) in [5.74, 6) is 0.690. The molecule has 0 radical (unpaired) electrons. The Morgan fingerprint density at radius 2 is 1.54 bits per heavy atom. The summed E-state index contributed by atoms with van der Waals surface area (Å²) in [5, 5.41) is 0. The van der Waals surface area contributed by atoms with Crippen molar-refractivity contribution in [1.82, 2.24) is 9.80 Å². The van der Waals surface area contributed by atoms with E-state index in [0.29, 0.717) is 12.0 Å². The molecule has 1 aliphatic rings. The number of nitrogens with zero attached hydrogens (tertiary/aromatic N) is 2. The van der Waals surface area contributed by atoms with Crippen molar-refractivity contribution >= 4 is 5.78 Å². The number of hydrogen-bond donors (Lipinski definition) is 0. The van der Waals surface area contributed by atoms with Gasteiger partial charge in [-0.3, -0.25) is 4.79 Å². The lowest BCUT2D eigenvalue weighted by atomic mass is 10.1. The molecular formula is C23H29FN2O2. The Kier molecular flexibility index (Phi) is 7.57. The fourth-order valence-corrected chi connectivity index (χ4v) is 3.56. The highest BCUT2D eigenvalue weighted by Gasteiger charge is 2.16. The summed E-state index contributed by atoms with van der Waals surface area (Å²) in [4.78, 5) is 17.1. The number of rotatable bonds is 9. The number of methoxy groups -OCH3 is 1. The second-order valence-electron chi connectivity index (χ2n) is 7.31. The zero-order valence-corrected chi connectivity index (χ0v) is 16.6. The number of carbonyl (C=O) groups excluding carboxylic acids is 1. The zero-order valence-electron chi connectivity index (χ0n) is 16.6. The van der Waals surface area contributed by atoms with E-state index in [1.165, 1.54) is 17.7 Å². The van der Waals surface area contributed by atoms with Crippen molar-refractivity contribution in [3.63, 3.8) is 0 Å². The summed E-state index contributed by atoms with van der Waals surface area (Å²) in [6, 6.07) is 14.1. The number of hydrogen-bond acceptors (Lipinski definition) is 4. The van der Waals surface area contributed by atoms with Crippen LogP contribution in [0.2, 0.25) is 0 Å². The van der Waals surface area contributed by atoms with Crippen LogP contribution in [0.3, 0.4) is 0 Å². The first-order chi connectivity index (χ1) is 13.6. The van der Waals surface area contributed by atoms with Crippen molar-refractivity contribution in [1.29, 1.82) is 0 Å². The van der Waals surface area contributed by atoms with E-state index in [1.54, 1.807) is 19.2 Å². The van der Waals surface area contributed by atoms with E-state index in [2.05, 4.69) is 21.9 Å². The van der Waals surface area contributed by atoms with Crippen molar-refractivity contribution in [2.24, 2.45) is 0 Å². The molecule has 150 valence electrons. The van der Waals surface area contributed by atoms with E-state index in [-0.39, 0.29) is 11.6 Å². The van der Waals surface area contributed by atoms with Gasteiger partial charge in [0.25, 0.3) is 0 Å². The third-order valence-electron chi connectivity index (χ3n) is 5.39. The lowest BCUT2D eigenvalue weighted by Gasteiger charge is -2.34. The molecule has 1 aliphatic heterocycles. The normalized spacial score (nSPS) is 15.5. The molecule has 1 heterocycles. The molecular weight excluding hydrogens is 355 g/mol. The summed E-state index contributed by atoms with van der Waals surface area (Å²) in [5.41, 5.74) is 1.94. The Hall–Kier alpha value is -2.24. The average Bonchev–Trinajstić information content (AvgIpc) is 2.74. The van der Waals surface area contributed by atoms with Crippen LogP contribution in [0, 0.1) is 5.82 Å². The minimum absolute atomic E-state index is 0.0955. The third kappa shape index (κ3) is 6.14. The molecule has 4 nitrogen and oxygen atoms in total. The van der Waals surface area contributed by atoms with E-state index in [0.717, 1.165) is 57.9 Å². The molecule has 3 rings (SSSR count). The zero-order chi connectivity index (χ0) is 19.8. The van der Waals surface area contributed by atoms with Gasteiger partial charge in [0.1, 0.15) is 11.6 Å². The molecule has 1 saturated heterocycles. The fourth-order valence-electron chi connectivity index (χ4n) is 3.56. The molecule has 5 heteroatoms. The topological polar surface area (TPSA) is 32.8 Å². The van der Waals surface area contributed by atoms with Crippen molar-refractivity contribution in [2.75, 3.05) is 46.4 Å². The molecule has 0 aromatic heterocycles. The maximum atomic E-state index is 12.9. The SMILES string of the molecule is COc1ccc(CCN2CCN(CCCC(=O)c3ccc(F)cc3)CC2)cc1. The van der Waals surface area contributed by atoms with Crippen molar-refractivity contribution in [2.45, 2.75) is 19.3 Å². The number of piperazine rings is 1. The van der Waals surface area contributed by atoms with Gasteiger partial charge in [-0.15, -0.1) is 0 Å². The second-order valence-corrected chi connectivity index (χ2v) is 7.31. The highest BCUT2D eigenvalue weighted by molar-refractivity contribution is 5.95. The number of carbonyl (C=O) groups is 1. The number of benzene rings is 2. The van der Waals surface area contributed by atoms with Gasteiger partial charge in [-0.25, -0.2) is 4.39 Å². The van der Waals surface area contributed by atoms with Crippen LogP contribution in [0.25, 0.3) is 0 Å². The van der Waals surface area contributed by atoms with Crippen LogP contribution >= 0.6 is 0 Å². The maximum absolute atomic E-state index is 12.9. The summed E-state index contributed by atoms with van der Waals surface area (Å²) in [7, 11) is 1.69. The van der Waals surface area contributed by atoms with Gasteiger partial charge in [-0.1, -0.05) is 12.1 Å². The molecule has 0 spiro atoms. The fraction of sp³-hybridized carbons (Fsp3) is 0.435. The molecule has 1 fully saturated rings. The van der Waals surface area contributed by atoms with E-state index >= 15 is 0 Å². The van der Waals surface area contributed by atoms with Crippen LogP contribution in [0.5, 0.6) is 5.75 Å². The smallest absolute Gasteiger partial charge is 0.162 e. The van der Waals surface area contributed by atoms with Gasteiger partial charge in [0.05, 0.1) is 7.11 Å². The van der Waals surface area contributed by atoms with Crippen LogP contribution in [-0.4, -0.2) is 62.0 Å². The Balaban J connectivity index is 1.31. The molecule has 2 aromatic rings. The Morgan fingerprint density at radius 1 is 0.929 bits per heavy atom. The van der Waals surface area contributed by atoms with E-state index in [1.807, 2.05) is 12.1 Å². The van der Waals surface area contributed by atoms with Crippen molar-refractivity contribution < 1.29 is 13.9 Å². The number of ketones is 1. The predicted octanol–water partition coefficient (Wildman–Crippen LogP) is 3.66. The molecule has 0 aliphatic carbocycles. The van der Waals surface area contributed by atoms with Crippen molar-refractivity contribution in [3.05, 3.63) is 65.5 Å². The van der Waals surface area contributed by atoms with E-state index in [4.69, 9.17) is 4.74 Å². The molecule has 28 heavy (non-hydrogen) atoms. The van der Waals surface area contributed by atoms with Crippen LogP contribution in [-0.2, 0) is 6.42 Å². The summed E-state index contributed by atoms with van der Waals surface area (Å²) in [6.07, 6.45) is 2.42. The van der Waals surface area contributed by atoms with Crippen LogP contribution in [0.1, 0.15) is 28.8 Å². The van der Waals surface area contributed by atoms with Gasteiger partial charge in [-0.05, 0) is 61.3 Å². The number of ether oxygens (including phenoxy) is 1. The van der Waals surface area contributed by atoms with Crippen LogP contribution in [0.4, 0.5) is 4.39 Å². The Labute approximate surface area is 166 Å². The lowest BCUT2D eigenvalue weighted by molar-refractivity contribution is 0.0962. The molecule has 0 atom stereocenters. The monoisotopic (exact) mass is 384 g/mol. The first kappa shape index (κ1) is 20.5. The van der Waals surface area contributed by atoms with Crippen LogP contribution in [0.15, 0.2) is 48.5 Å². The summed E-state index contributed by atoms with van der Waals surface area (Å²) in [6.45, 7) is 6.26. The van der Waals surface area contributed by atoms with Gasteiger partial charge in [0.15, 0.2) is 5.78 Å². The van der Waals surface area contributed by atoms with Crippen LogP contribution < -0.4 is 4.74 Å². The molecule has 0 unspecified atom stereocenters. The Bertz CT molecular complexity index is 738. The lowest BCUT2D eigenvalue weighted by Crippen LogP contribution is -2.47. The molecule has 2 aromatic carbocycles. The largest absolute Gasteiger partial charge is 0.497 e. The maximum Gasteiger partial charge on any atom is 0.162 e. The standard InChI is InChI=1S/C23H29FN2O2/c1-28-22-10-4-19(5-11-22)12-14-26-17-15-25(16-18-26)13-2-3-23(27)20-6-8-21(24)9-7-20/h4-11H,2-3,12-18H2,1H3. The van der Waals surface area contributed by atoms with Gasteiger partial charge < -0.3 is 14.5 Å². The number of Topliss-reactive ketones (excluding diaryl/α,β-unsaturated/α-hetero) is 1. The van der Waals surface area contributed by atoms with E-state index < -0.39 is 0 Å². The van der Waals surface area contributed by atoms with Gasteiger partial charge >= 0.3 is 0 Å². The quantitative estimate of drug-likeness (QED) is 0.618. The predicted molar refractivity (Wildman–Crippen MR) is 110 cm³/mol. The minimum atomic E-state index is -0.304. The third-order valence-corrected chi connectivity index (χ3v) is 5.39. The Morgan fingerprint density at radius 3 is 2.14 bits per heavy atom. The average molecular weight is 384 g/mol. The van der Waals surface area contributed by atoms with Gasteiger partial charge in [0.2, 0.25) is 0 Å². The highest BCUT2D eigenvalue weighted by atomic mass is 19.1. The second kappa shape index (κ2) is 10.3. The molecule has 0 saturated carbocycles. The van der Waals surface area contributed by atoms with Gasteiger partial charge in [0, 0.05) is 44.7 Å². The highest BCUT2D eigenvalue weighted by Crippen LogP contribution is 2.13. The van der Waals surface area contributed by atoms with Gasteiger partial charge in [-0.2, -0.15) is 0 Å². The number of halogens is 1.